The molecule has 3 rings (SSSR count). The summed E-state index contributed by atoms with van der Waals surface area (Å²) in [7, 11) is 0. The highest BCUT2D eigenvalue weighted by Crippen LogP contribution is 2.25. The van der Waals surface area contributed by atoms with Gasteiger partial charge in [-0.15, -0.1) is 0 Å². The van der Waals surface area contributed by atoms with Crippen LogP contribution in [-0.4, -0.2) is 16.6 Å². The number of nitrogens with one attached hydrogen (secondary N) is 1. The van der Waals surface area contributed by atoms with Gasteiger partial charge in [0.25, 0.3) is 5.56 Å². The number of nitrogens with zero attached hydrogens (tertiary/aromatic N) is 1. The second-order valence-corrected chi connectivity index (χ2v) is 4.98. The molecule has 0 spiro atoms. The van der Waals surface area contributed by atoms with E-state index in [1.165, 1.54) is 0 Å². The van der Waals surface area contributed by atoms with Gasteiger partial charge >= 0.3 is 0 Å². The van der Waals surface area contributed by atoms with Gasteiger partial charge in [0.05, 0.1) is 24.5 Å². The molecular weight excluding hydrogens is 296 g/mol. The van der Waals surface area contributed by atoms with E-state index in [2.05, 4.69) is 25.9 Å². The molecule has 1 aliphatic heterocycles. The minimum atomic E-state index is -0.106. The number of fused-ring (bicyclic) bond motifs is 1. The van der Waals surface area contributed by atoms with Crippen molar-refractivity contribution in [2.24, 2.45) is 0 Å². The van der Waals surface area contributed by atoms with Gasteiger partial charge in [-0.25, -0.2) is 4.98 Å². The minimum Gasteiger partial charge on any atom is -0.376 e. The van der Waals surface area contributed by atoms with Crippen molar-refractivity contribution in [3.63, 3.8) is 0 Å². The molecule has 1 N–H and O–H groups in total. The van der Waals surface area contributed by atoms with E-state index in [1.807, 2.05) is 24.3 Å². The monoisotopic (exact) mass is 306 g/mol. The fourth-order valence-corrected chi connectivity index (χ4v) is 2.50. The first-order valence-corrected chi connectivity index (χ1v) is 6.50. The Labute approximate surface area is 112 Å². The molecule has 0 saturated carbocycles. The maximum absolute atomic E-state index is 12.0. The van der Waals surface area contributed by atoms with Gasteiger partial charge in [-0.1, -0.05) is 34.1 Å². The molecule has 1 aromatic heterocycles. The molecule has 1 aliphatic rings. The maximum atomic E-state index is 12.0. The number of hydrogen-bond donors (Lipinski definition) is 1. The molecule has 18 heavy (non-hydrogen) atoms. The van der Waals surface area contributed by atoms with Crippen molar-refractivity contribution in [1.82, 2.24) is 9.97 Å². The lowest BCUT2D eigenvalue weighted by Crippen LogP contribution is -2.24. The molecule has 2 heterocycles. The van der Waals surface area contributed by atoms with Crippen molar-refractivity contribution in [2.45, 2.75) is 13.0 Å². The molecule has 0 saturated heterocycles. The van der Waals surface area contributed by atoms with Crippen LogP contribution < -0.4 is 5.56 Å². The molecule has 0 radical (unpaired) electrons. The van der Waals surface area contributed by atoms with E-state index in [4.69, 9.17) is 4.74 Å². The van der Waals surface area contributed by atoms with Crippen LogP contribution in [0.3, 0.4) is 0 Å². The van der Waals surface area contributed by atoms with E-state index in [-0.39, 0.29) is 5.56 Å². The number of H-pyrrole nitrogens is 1. The van der Waals surface area contributed by atoms with Crippen LogP contribution in [-0.2, 0) is 17.8 Å². The van der Waals surface area contributed by atoms with Gasteiger partial charge in [-0.3, -0.25) is 4.79 Å². The Kier molecular flexibility index (Phi) is 3.01. The fraction of sp³-hybridized carbons (Fsp3) is 0.231. The third-order valence-corrected chi connectivity index (χ3v) is 3.65. The minimum absolute atomic E-state index is 0.106. The molecular formula is C13H11BrN2O2. The highest BCUT2D eigenvalue weighted by atomic mass is 79.9. The van der Waals surface area contributed by atoms with E-state index < -0.39 is 0 Å². The van der Waals surface area contributed by atoms with Crippen LogP contribution in [0.5, 0.6) is 0 Å². The van der Waals surface area contributed by atoms with Gasteiger partial charge in [0.15, 0.2) is 0 Å². The fourth-order valence-electron chi connectivity index (χ4n) is 2.02. The Balaban J connectivity index is 2.17. The second-order valence-electron chi connectivity index (χ2n) is 4.12. The average molecular weight is 307 g/mol. The lowest BCUT2D eigenvalue weighted by Gasteiger charge is -2.15. The maximum Gasteiger partial charge on any atom is 0.256 e. The Bertz CT molecular complexity index is 652. The van der Waals surface area contributed by atoms with Crippen molar-refractivity contribution in [3.8, 4) is 11.4 Å². The molecule has 2 aromatic rings. The molecule has 0 aliphatic carbocycles. The van der Waals surface area contributed by atoms with Crippen molar-refractivity contribution >= 4 is 15.9 Å². The van der Waals surface area contributed by atoms with Gasteiger partial charge < -0.3 is 9.72 Å². The summed E-state index contributed by atoms with van der Waals surface area (Å²) in [6.07, 6.45) is 0.691. The molecule has 0 amide bonds. The van der Waals surface area contributed by atoms with Gasteiger partial charge in [0.1, 0.15) is 5.82 Å². The summed E-state index contributed by atoms with van der Waals surface area (Å²) in [6, 6.07) is 7.70. The molecule has 0 atom stereocenters. The van der Waals surface area contributed by atoms with Gasteiger partial charge in [0, 0.05) is 16.5 Å². The highest BCUT2D eigenvalue weighted by molar-refractivity contribution is 9.10. The first-order valence-electron chi connectivity index (χ1n) is 5.70. The lowest BCUT2D eigenvalue weighted by molar-refractivity contribution is 0.108. The lowest BCUT2D eigenvalue weighted by atomic mass is 10.1. The van der Waals surface area contributed by atoms with Crippen molar-refractivity contribution < 1.29 is 4.74 Å². The van der Waals surface area contributed by atoms with E-state index in [0.29, 0.717) is 31.0 Å². The van der Waals surface area contributed by atoms with Crippen LogP contribution in [0, 0.1) is 0 Å². The predicted octanol–water partition coefficient (Wildman–Crippen LogP) is 2.27. The zero-order chi connectivity index (χ0) is 12.5. The summed E-state index contributed by atoms with van der Waals surface area (Å²) < 4.78 is 6.19. The second kappa shape index (κ2) is 4.66. The van der Waals surface area contributed by atoms with Crippen LogP contribution in [0.25, 0.3) is 11.4 Å². The number of aromatic nitrogens is 2. The average Bonchev–Trinajstić information content (AvgIpc) is 2.39. The number of hydrogen-bond acceptors (Lipinski definition) is 3. The molecule has 0 bridgehead atoms. The first-order chi connectivity index (χ1) is 8.75. The van der Waals surface area contributed by atoms with Gasteiger partial charge in [-0.05, 0) is 6.07 Å². The van der Waals surface area contributed by atoms with E-state index >= 15 is 0 Å². The zero-order valence-electron chi connectivity index (χ0n) is 9.57. The van der Waals surface area contributed by atoms with E-state index in [0.717, 1.165) is 15.7 Å². The van der Waals surface area contributed by atoms with Crippen LogP contribution in [0.2, 0.25) is 0 Å². The molecule has 5 heteroatoms. The van der Waals surface area contributed by atoms with Crippen LogP contribution in [0.1, 0.15) is 11.3 Å². The molecule has 0 fully saturated rings. The Morgan fingerprint density at radius 2 is 2.17 bits per heavy atom. The third kappa shape index (κ3) is 2.00. The topological polar surface area (TPSA) is 55.0 Å². The number of benzene rings is 1. The van der Waals surface area contributed by atoms with Gasteiger partial charge in [0.2, 0.25) is 0 Å². The smallest absolute Gasteiger partial charge is 0.256 e. The number of aromatic amines is 1. The Hall–Kier alpha value is -1.46. The van der Waals surface area contributed by atoms with Crippen LogP contribution in [0.4, 0.5) is 0 Å². The van der Waals surface area contributed by atoms with E-state index in [9.17, 15) is 4.79 Å². The molecule has 92 valence electrons. The van der Waals surface area contributed by atoms with Crippen molar-refractivity contribution in [1.29, 1.82) is 0 Å². The summed E-state index contributed by atoms with van der Waals surface area (Å²) in [4.78, 5) is 19.3. The van der Waals surface area contributed by atoms with Crippen LogP contribution >= 0.6 is 15.9 Å². The molecule has 0 unspecified atom stereocenters. The highest BCUT2D eigenvalue weighted by Gasteiger charge is 2.17. The predicted molar refractivity (Wildman–Crippen MR) is 71.4 cm³/mol. The first kappa shape index (κ1) is 11.6. The summed E-state index contributed by atoms with van der Waals surface area (Å²) in [5.74, 6) is 0.605. The summed E-state index contributed by atoms with van der Waals surface area (Å²) >= 11 is 3.47. The van der Waals surface area contributed by atoms with Crippen molar-refractivity contribution in [3.05, 3.63) is 50.3 Å². The standard InChI is InChI=1S/C13H11BrN2O2/c14-10-4-2-1-3-8(10)12-15-11-5-6-18-7-9(11)13(17)16-12/h1-4H,5-7H2,(H,15,16,17). The Morgan fingerprint density at radius 3 is 3.00 bits per heavy atom. The SMILES string of the molecule is O=c1[nH]c(-c2ccccc2Br)nc2c1COCC2. The Morgan fingerprint density at radius 1 is 1.33 bits per heavy atom. The van der Waals surface area contributed by atoms with Crippen molar-refractivity contribution in [2.75, 3.05) is 6.61 Å². The summed E-state index contributed by atoms with van der Waals surface area (Å²) in [5, 5.41) is 0. The molecule has 4 nitrogen and oxygen atoms in total. The molecule has 1 aromatic carbocycles. The normalized spacial score (nSPS) is 14.3. The van der Waals surface area contributed by atoms with E-state index in [1.54, 1.807) is 0 Å². The van der Waals surface area contributed by atoms with Crippen LogP contribution in [0.15, 0.2) is 33.5 Å². The van der Waals surface area contributed by atoms with Gasteiger partial charge in [-0.2, -0.15) is 0 Å². The summed E-state index contributed by atoms with van der Waals surface area (Å²) in [6.45, 7) is 0.979. The number of halogens is 1. The quantitative estimate of drug-likeness (QED) is 0.879. The third-order valence-electron chi connectivity index (χ3n) is 2.96. The summed E-state index contributed by atoms with van der Waals surface area (Å²) in [5.41, 5.74) is 2.28. The number of ether oxygens (including phenoxy) is 1. The number of rotatable bonds is 1. The zero-order valence-corrected chi connectivity index (χ0v) is 11.2. The largest absolute Gasteiger partial charge is 0.376 e.